The van der Waals surface area contributed by atoms with E-state index in [1.54, 1.807) is 9.47 Å². The molecule has 3 rings (SSSR count). The number of imidazole rings is 1. The van der Waals surface area contributed by atoms with Gasteiger partial charge in [-0.2, -0.15) is 0 Å². The molecule has 1 fully saturated rings. The van der Waals surface area contributed by atoms with E-state index in [0.29, 0.717) is 13.0 Å². The van der Waals surface area contributed by atoms with Crippen LogP contribution in [0.1, 0.15) is 26.2 Å². The summed E-state index contributed by atoms with van der Waals surface area (Å²) in [5.74, 6) is -0.0241. The van der Waals surface area contributed by atoms with Crippen LogP contribution in [0.2, 0.25) is 0 Å². The molecule has 0 saturated carbocycles. The number of aryl methyl sites for hydroxylation is 2. The summed E-state index contributed by atoms with van der Waals surface area (Å²) in [6.07, 6.45) is 2.76. The molecule has 0 aromatic carbocycles. The standard InChI is InChI=1S/C17H25N5O5S/c1-4-7-22(12-6-9-28(26,27)10-12)13(23)5-8-21-11-18-15-14(21)16(24)20(3)17(25)19(15)2/h11-12H,4-10H2,1-3H3. The van der Waals surface area contributed by atoms with Gasteiger partial charge in [-0.1, -0.05) is 6.92 Å². The van der Waals surface area contributed by atoms with Crippen LogP contribution in [0, 0.1) is 0 Å². The van der Waals surface area contributed by atoms with Crippen molar-refractivity contribution in [1.82, 2.24) is 23.6 Å². The SMILES string of the molecule is CCCN(C(=O)CCn1cnc2c1c(=O)n(C)c(=O)n2C)C1CCS(=O)(=O)C1. The van der Waals surface area contributed by atoms with Crippen LogP contribution in [0.3, 0.4) is 0 Å². The van der Waals surface area contributed by atoms with Crippen molar-refractivity contribution >= 4 is 26.9 Å². The predicted octanol–water partition coefficient (Wildman–Crippen LogP) is -0.750. The topological polar surface area (TPSA) is 116 Å². The third-order valence-electron chi connectivity index (χ3n) is 5.22. The number of nitrogens with zero attached hydrogens (tertiary/aromatic N) is 5. The maximum atomic E-state index is 12.8. The molecule has 0 aliphatic carbocycles. The monoisotopic (exact) mass is 411 g/mol. The first-order chi connectivity index (χ1) is 13.2. The van der Waals surface area contributed by atoms with E-state index in [1.165, 1.54) is 25.0 Å². The lowest BCUT2D eigenvalue weighted by atomic mass is 10.2. The Balaban J connectivity index is 1.82. The summed E-state index contributed by atoms with van der Waals surface area (Å²) in [4.78, 5) is 43.1. The number of carbonyl (C=O) groups excluding carboxylic acids is 1. The van der Waals surface area contributed by atoms with Crippen LogP contribution >= 0.6 is 0 Å². The first kappa shape index (κ1) is 20.3. The van der Waals surface area contributed by atoms with E-state index in [2.05, 4.69) is 4.98 Å². The second-order valence-corrected chi connectivity index (χ2v) is 9.44. The summed E-state index contributed by atoms with van der Waals surface area (Å²) in [6.45, 7) is 2.67. The highest BCUT2D eigenvalue weighted by Gasteiger charge is 2.34. The first-order valence-electron chi connectivity index (χ1n) is 9.27. The van der Waals surface area contributed by atoms with Crippen LogP contribution in [-0.4, -0.2) is 62.0 Å². The summed E-state index contributed by atoms with van der Waals surface area (Å²) < 4.78 is 27.4. The van der Waals surface area contributed by atoms with E-state index >= 15 is 0 Å². The average Bonchev–Trinajstić information content (AvgIpc) is 3.23. The molecule has 1 atom stereocenters. The number of fused-ring (bicyclic) bond motifs is 1. The highest BCUT2D eigenvalue weighted by Crippen LogP contribution is 2.19. The normalized spacial score (nSPS) is 18.6. The number of amides is 1. The van der Waals surface area contributed by atoms with Gasteiger partial charge in [-0.15, -0.1) is 0 Å². The summed E-state index contributed by atoms with van der Waals surface area (Å²) in [5, 5.41) is 0. The zero-order chi connectivity index (χ0) is 20.6. The van der Waals surface area contributed by atoms with Crippen molar-refractivity contribution < 1.29 is 13.2 Å². The van der Waals surface area contributed by atoms with Crippen LogP contribution in [0.15, 0.2) is 15.9 Å². The lowest BCUT2D eigenvalue weighted by molar-refractivity contribution is -0.133. The maximum Gasteiger partial charge on any atom is 0.332 e. The third kappa shape index (κ3) is 3.62. The van der Waals surface area contributed by atoms with Gasteiger partial charge in [0.2, 0.25) is 5.91 Å². The smallest absolute Gasteiger partial charge is 0.332 e. The number of rotatable bonds is 6. The molecule has 11 heteroatoms. The van der Waals surface area contributed by atoms with Gasteiger partial charge in [-0.05, 0) is 12.8 Å². The Hall–Kier alpha value is -2.43. The Morgan fingerprint density at radius 3 is 2.61 bits per heavy atom. The van der Waals surface area contributed by atoms with Crippen LogP contribution in [0.4, 0.5) is 0 Å². The van der Waals surface area contributed by atoms with Crippen molar-refractivity contribution in [3.8, 4) is 0 Å². The Morgan fingerprint density at radius 1 is 1.29 bits per heavy atom. The first-order valence-corrected chi connectivity index (χ1v) is 11.1. The second-order valence-electron chi connectivity index (χ2n) is 7.21. The fourth-order valence-electron chi connectivity index (χ4n) is 3.70. The van der Waals surface area contributed by atoms with Crippen LogP contribution in [0.25, 0.3) is 11.2 Å². The lowest BCUT2D eigenvalue weighted by Gasteiger charge is -2.28. The van der Waals surface area contributed by atoms with Crippen LogP contribution in [-0.2, 0) is 35.3 Å². The molecule has 0 radical (unpaired) electrons. The van der Waals surface area contributed by atoms with Crippen molar-refractivity contribution in [2.45, 2.75) is 38.8 Å². The molecule has 2 aromatic heterocycles. The van der Waals surface area contributed by atoms with Crippen molar-refractivity contribution in [3.63, 3.8) is 0 Å². The van der Waals surface area contributed by atoms with Gasteiger partial charge in [0.25, 0.3) is 5.56 Å². The van der Waals surface area contributed by atoms with E-state index in [-0.39, 0.29) is 47.6 Å². The maximum absolute atomic E-state index is 12.8. The molecular formula is C17H25N5O5S. The Kier molecular flexibility index (Phi) is 5.46. The second kappa shape index (κ2) is 7.53. The number of sulfone groups is 1. The van der Waals surface area contributed by atoms with E-state index in [0.717, 1.165) is 11.0 Å². The van der Waals surface area contributed by atoms with E-state index in [4.69, 9.17) is 0 Å². The molecule has 1 aliphatic heterocycles. The van der Waals surface area contributed by atoms with Crippen LogP contribution in [0.5, 0.6) is 0 Å². The van der Waals surface area contributed by atoms with Crippen molar-refractivity contribution in [2.24, 2.45) is 14.1 Å². The number of hydrogen-bond donors (Lipinski definition) is 0. The van der Waals surface area contributed by atoms with Crippen molar-refractivity contribution in [2.75, 3.05) is 18.1 Å². The molecule has 154 valence electrons. The molecule has 0 N–H and O–H groups in total. The zero-order valence-electron chi connectivity index (χ0n) is 16.3. The van der Waals surface area contributed by atoms with Gasteiger partial charge < -0.3 is 9.47 Å². The minimum Gasteiger partial charge on any atom is -0.339 e. The van der Waals surface area contributed by atoms with Crippen LogP contribution < -0.4 is 11.2 Å². The quantitative estimate of drug-likeness (QED) is 0.617. The summed E-state index contributed by atoms with van der Waals surface area (Å²) in [7, 11) is -0.147. The molecule has 1 amide bonds. The molecule has 1 unspecified atom stereocenters. The van der Waals surface area contributed by atoms with E-state index in [1.807, 2.05) is 6.92 Å². The Morgan fingerprint density at radius 2 is 2.00 bits per heavy atom. The molecule has 10 nitrogen and oxygen atoms in total. The largest absolute Gasteiger partial charge is 0.339 e. The lowest BCUT2D eigenvalue weighted by Crippen LogP contribution is -2.42. The van der Waals surface area contributed by atoms with Crippen molar-refractivity contribution in [3.05, 3.63) is 27.2 Å². The predicted molar refractivity (Wildman–Crippen MR) is 104 cm³/mol. The fraction of sp³-hybridized carbons (Fsp3) is 0.647. The van der Waals surface area contributed by atoms with E-state index in [9.17, 15) is 22.8 Å². The summed E-state index contributed by atoms with van der Waals surface area (Å²) >= 11 is 0. The Labute approximate surface area is 162 Å². The molecule has 3 heterocycles. The van der Waals surface area contributed by atoms with Gasteiger partial charge in [0, 0.05) is 39.6 Å². The third-order valence-corrected chi connectivity index (χ3v) is 6.97. The van der Waals surface area contributed by atoms with Gasteiger partial charge in [0.1, 0.15) is 0 Å². The molecule has 2 aromatic rings. The molecule has 0 spiro atoms. The Bertz CT molecular complexity index is 1130. The molecular weight excluding hydrogens is 386 g/mol. The average molecular weight is 411 g/mol. The van der Waals surface area contributed by atoms with E-state index < -0.39 is 21.1 Å². The molecule has 1 saturated heterocycles. The fourth-order valence-corrected chi connectivity index (χ4v) is 5.43. The summed E-state index contributed by atoms with van der Waals surface area (Å²) in [5.41, 5.74) is -0.388. The number of carbonyl (C=O) groups is 1. The van der Waals surface area contributed by atoms with Gasteiger partial charge in [-0.25, -0.2) is 18.2 Å². The highest BCUT2D eigenvalue weighted by molar-refractivity contribution is 7.91. The number of aromatic nitrogens is 4. The minimum atomic E-state index is -3.08. The van der Waals surface area contributed by atoms with Gasteiger partial charge in [0.05, 0.1) is 17.8 Å². The van der Waals surface area contributed by atoms with Gasteiger partial charge >= 0.3 is 5.69 Å². The highest BCUT2D eigenvalue weighted by atomic mass is 32.2. The van der Waals surface area contributed by atoms with Gasteiger partial charge in [0.15, 0.2) is 21.0 Å². The van der Waals surface area contributed by atoms with Gasteiger partial charge in [-0.3, -0.25) is 18.7 Å². The molecule has 0 bridgehead atoms. The minimum absolute atomic E-state index is 0.00933. The summed E-state index contributed by atoms with van der Waals surface area (Å²) in [6, 6.07) is -0.286. The zero-order valence-corrected chi connectivity index (χ0v) is 17.1. The number of hydrogen-bond acceptors (Lipinski definition) is 6. The molecule has 28 heavy (non-hydrogen) atoms. The van der Waals surface area contributed by atoms with Crippen molar-refractivity contribution in [1.29, 1.82) is 0 Å². The molecule has 1 aliphatic rings.